The summed E-state index contributed by atoms with van der Waals surface area (Å²) in [6.07, 6.45) is 2.23. The molecule has 0 fully saturated rings. The Balaban J connectivity index is 2.81. The third-order valence-corrected chi connectivity index (χ3v) is 2.91. The van der Waals surface area contributed by atoms with Gasteiger partial charge in [0.05, 0.1) is 5.69 Å². The zero-order valence-corrected chi connectivity index (χ0v) is 10.8. The molecule has 1 nitrogen and oxygen atoms in total. The van der Waals surface area contributed by atoms with Crippen LogP contribution < -0.4 is 4.90 Å². The number of unbranched alkanes of at least 4 members (excludes halogenated alkanes) is 1. The average Bonchev–Trinajstić information content (AvgIpc) is 2.21. The average molecular weight is 274 g/mol. The third-order valence-electron chi connectivity index (χ3n) is 2.41. The fourth-order valence-electron chi connectivity index (χ4n) is 1.54. The molecule has 1 rings (SSSR count). The highest BCUT2D eigenvalue weighted by atomic mass is 79.9. The number of anilines is 1. The van der Waals surface area contributed by atoms with Crippen molar-refractivity contribution in [2.24, 2.45) is 0 Å². The van der Waals surface area contributed by atoms with E-state index in [0.29, 0.717) is 5.69 Å². The Hall–Kier alpha value is -0.570. The SMILES string of the molecule is CCCCN(CC)c1ccc(Br)cc1F. The number of hydrogen-bond donors (Lipinski definition) is 0. The first-order valence-electron chi connectivity index (χ1n) is 5.39. The highest BCUT2D eigenvalue weighted by molar-refractivity contribution is 9.10. The van der Waals surface area contributed by atoms with Crippen molar-refractivity contribution >= 4 is 21.6 Å². The van der Waals surface area contributed by atoms with E-state index in [9.17, 15) is 4.39 Å². The lowest BCUT2D eigenvalue weighted by atomic mass is 10.2. The summed E-state index contributed by atoms with van der Waals surface area (Å²) >= 11 is 3.26. The van der Waals surface area contributed by atoms with Crippen molar-refractivity contribution < 1.29 is 4.39 Å². The van der Waals surface area contributed by atoms with Crippen molar-refractivity contribution in [2.75, 3.05) is 18.0 Å². The van der Waals surface area contributed by atoms with Gasteiger partial charge in [0.25, 0.3) is 0 Å². The molecule has 0 aliphatic rings. The van der Waals surface area contributed by atoms with E-state index in [1.165, 1.54) is 6.07 Å². The summed E-state index contributed by atoms with van der Waals surface area (Å²) in [4.78, 5) is 2.07. The Labute approximate surface area is 99.4 Å². The lowest BCUT2D eigenvalue weighted by Crippen LogP contribution is -2.24. The van der Waals surface area contributed by atoms with Gasteiger partial charge >= 0.3 is 0 Å². The standard InChI is InChI=1S/C12H17BrFN/c1-3-5-8-15(4-2)12-7-6-10(13)9-11(12)14/h6-7,9H,3-5,8H2,1-2H3. The van der Waals surface area contributed by atoms with E-state index in [0.717, 1.165) is 30.4 Å². The molecule has 0 amide bonds. The Morgan fingerprint density at radius 1 is 1.33 bits per heavy atom. The zero-order valence-electron chi connectivity index (χ0n) is 9.26. The molecule has 0 heterocycles. The maximum absolute atomic E-state index is 13.6. The normalized spacial score (nSPS) is 10.4. The van der Waals surface area contributed by atoms with Crippen LogP contribution in [0.5, 0.6) is 0 Å². The smallest absolute Gasteiger partial charge is 0.147 e. The van der Waals surface area contributed by atoms with Crippen molar-refractivity contribution in [1.82, 2.24) is 0 Å². The summed E-state index contributed by atoms with van der Waals surface area (Å²) in [7, 11) is 0. The first kappa shape index (κ1) is 12.5. The second-order valence-corrected chi connectivity index (χ2v) is 4.44. The molecule has 0 aliphatic heterocycles. The number of hydrogen-bond acceptors (Lipinski definition) is 1. The van der Waals surface area contributed by atoms with Gasteiger partial charge in [-0.05, 0) is 31.5 Å². The molecule has 15 heavy (non-hydrogen) atoms. The first-order valence-corrected chi connectivity index (χ1v) is 6.18. The van der Waals surface area contributed by atoms with Crippen LogP contribution in [0.1, 0.15) is 26.7 Å². The molecule has 1 aromatic rings. The van der Waals surface area contributed by atoms with Crippen LogP contribution in [0.15, 0.2) is 22.7 Å². The molecule has 0 unspecified atom stereocenters. The Kier molecular flexibility index (Phi) is 5.09. The number of halogens is 2. The molecule has 0 radical (unpaired) electrons. The van der Waals surface area contributed by atoms with Gasteiger partial charge in [-0.25, -0.2) is 4.39 Å². The monoisotopic (exact) mass is 273 g/mol. The molecular weight excluding hydrogens is 257 g/mol. The summed E-state index contributed by atoms with van der Waals surface area (Å²) in [6.45, 7) is 5.97. The van der Waals surface area contributed by atoms with Crippen LogP contribution in [0.25, 0.3) is 0 Å². The second-order valence-electron chi connectivity index (χ2n) is 3.53. The van der Waals surface area contributed by atoms with E-state index < -0.39 is 0 Å². The van der Waals surface area contributed by atoms with Crippen molar-refractivity contribution in [3.8, 4) is 0 Å². The van der Waals surface area contributed by atoms with Crippen LogP contribution in [0, 0.1) is 5.82 Å². The number of benzene rings is 1. The fraction of sp³-hybridized carbons (Fsp3) is 0.500. The van der Waals surface area contributed by atoms with Crippen LogP contribution in [0.3, 0.4) is 0 Å². The summed E-state index contributed by atoms with van der Waals surface area (Å²) in [5.74, 6) is -0.151. The predicted octanol–water partition coefficient (Wildman–Crippen LogP) is 4.21. The van der Waals surface area contributed by atoms with E-state index in [1.807, 2.05) is 12.1 Å². The lowest BCUT2D eigenvalue weighted by molar-refractivity contribution is 0.613. The number of rotatable bonds is 5. The lowest BCUT2D eigenvalue weighted by Gasteiger charge is -2.23. The molecule has 84 valence electrons. The molecule has 0 saturated carbocycles. The molecular formula is C12H17BrFN. The van der Waals surface area contributed by atoms with E-state index in [1.54, 1.807) is 0 Å². The van der Waals surface area contributed by atoms with Crippen molar-refractivity contribution in [1.29, 1.82) is 0 Å². The minimum absolute atomic E-state index is 0.151. The van der Waals surface area contributed by atoms with Crippen molar-refractivity contribution in [3.63, 3.8) is 0 Å². The topological polar surface area (TPSA) is 3.24 Å². The molecule has 0 atom stereocenters. The van der Waals surface area contributed by atoms with Gasteiger partial charge in [0.1, 0.15) is 5.82 Å². The zero-order chi connectivity index (χ0) is 11.3. The van der Waals surface area contributed by atoms with Gasteiger partial charge in [0.2, 0.25) is 0 Å². The van der Waals surface area contributed by atoms with Gasteiger partial charge in [-0.2, -0.15) is 0 Å². The second kappa shape index (κ2) is 6.11. The molecule has 0 aromatic heterocycles. The van der Waals surface area contributed by atoms with Gasteiger partial charge in [0.15, 0.2) is 0 Å². The van der Waals surface area contributed by atoms with E-state index in [4.69, 9.17) is 0 Å². The first-order chi connectivity index (χ1) is 7.19. The molecule has 1 aromatic carbocycles. The molecule has 0 N–H and O–H groups in total. The fourth-order valence-corrected chi connectivity index (χ4v) is 1.87. The van der Waals surface area contributed by atoms with Crippen LogP contribution in [0.2, 0.25) is 0 Å². The van der Waals surface area contributed by atoms with Crippen LogP contribution in [-0.2, 0) is 0 Å². The van der Waals surface area contributed by atoms with Crippen LogP contribution >= 0.6 is 15.9 Å². The largest absolute Gasteiger partial charge is 0.369 e. The van der Waals surface area contributed by atoms with Gasteiger partial charge in [-0.15, -0.1) is 0 Å². The minimum atomic E-state index is -0.151. The van der Waals surface area contributed by atoms with Crippen LogP contribution in [-0.4, -0.2) is 13.1 Å². The molecule has 3 heteroatoms. The van der Waals surface area contributed by atoms with Crippen molar-refractivity contribution in [3.05, 3.63) is 28.5 Å². The summed E-state index contributed by atoms with van der Waals surface area (Å²) in [5.41, 5.74) is 0.703. The minimum Gasteiger partial charge on any atom is -0.369 e. The maximum Gasteiger partial charge on any atom is 0.147 e. The number of nitrogens with zero attached hydrogens (tertiary/aromatic N) is 1. The molecule has 0 spiro atoms. The predicted molar refractivity (Wildman–Crippen MR) is 66.9 cm³/mol. The van der Waals surface area contributed by atoms with Gasteiger partial charge in [-0.1, -0.05) is 29.3 Å². The van der Waals surface area contributed by atoms with Gasteiger partial charge < -0.3 is 4.90 Å². The van der Waals surface area contributed by atoms with Crippen LogP contribution in [0.4, 0.5) is 10.1 Å². The molecule has 0 aliphatic carbocycles. The molecule has 0 saturated heterocycles. The molecule has 0 bridgehead atoms. The highest BCUT2D eigenvalue weighted by Gasteiger charge is 2.09. The maximum atomic E-state index is 13.6. The van der Waals surface area contributed by atoms with Gasteiger partial charge in [-0.3, -0.25) is 0 Å². The Morgan fingerprint density at radius 2 is 2.07 bits per heavy atom. The highest BCUT2D eigenvalue weighted by Crippen LogP contribution is 2.23. The van der Waals surface area contributed by atoms with E-state index >= 15 is 0 Å². The van der Waals surface area contributed by atoms with E-state index in [-0.39, 0.29) is 5.82 Å². The Bertz CT molecular complexity index is 314. The van der Waals surface area contributed by atoms with Gasteiger partial charge in [0, 0.05) is 17.6 Å². The van der Waals surface area contributed by atoms with E-state index in [2.05, 4.69) is 34.7 Å². The summed E-state index contributed by atoms with van der Waals surface area (Å²) < 4.78 is 14.4. The quantitative estimate of drug-likeness (QED) is 0.777. The Morgan fingerprint density at radius 3 is 2.60 bits per heavy atom. The summed E-state index contributed by atoms with van der Waals surface area (Å²) in [6, 6.07) is 5.23. The third kappa shape index (κ3) is 3.49. The summed E-state index contributed by atoms with van der Waals surface area (Å²) in [5, 5.41) is 0. The van der Waals surface area contributed by atoms with Crippen molar-refractivity contribution in [2.45, 2.75) is 26.7 Å².